The lowest BCUT2D eigenvalue weighted by Gasteiger charge is -2.15. The van der Waals surface area contributed by atoms with E-state index in [0.29, 0.717) is 6.42 Å². The molecule has 0 aliphatic heterocycles. The van der Waals surface area contributed by atoms with Crippen molar-refractivity contribution in [3.05, 3.63) is 35.4 Å². The number of aliphatic hydroxyl groups excluding tert-OH is 6. The highest BCUT2D eigenvalue weighted by Gasteiger charge is 2.15. The van der Waals surface area contributed by atoms with E-state index in [-0.39, 0.29) is 6.10 Å². The van der Waals surface area contributed by atoms with Crippen LogP contribution in [-0.4, -0.2) is 67.3 Å². The summed E-state index contributed by atoms with van der Waals surface area (Å²) in [5, 5.41) is 51.8. The van der Waals surface area contributed by atoms with Gasteiger partial charge < -0.3 is 30.6 Å². The number of hydrogen-bond acceptors (Lipinski definition) is 6. The second kappa shape index (κ2) is 28.2. The molecule has 34 heavy (non-hydrogen) atoms. The summed E-state index contributed by atoms with van der Waals surface area (Å²) in [7, 11) is 0. The molecule has 0 saturated heterocycles. The van der Waals surface area contributed by atoms with Crippen molar-refractivity contribution < 1.29 is 30.6 Å². The van der Waals surface area contributed by atoms with Crippen LogP contribution in [0.4, 0.5) is 0 Å². The van der Waals surface area contributed by atoms with Gasteiger partial charge in [0.1, 0.15) is 6.10 Å². The Balaban J connectivity index is -0.000000167. The standard InChI is InChI=1S/C8H10.C5H12O3.C5H12O2.C5H12O.C5H12/c1-7-3-5-8(2)6-4-7;1-3(6)5(8)4(2)7;1-3-5(7)4(2)6;1-3-5(6)4-2;1-3-5-4-2/h3-6H,1-2H3;3-8H,1-2H3;4-7H,3H2,1-2H3;5-6H,3-4H2,1-2H3;3-5H2,1-2H3/t;;4-,5+;;/m..0../s1. The minimum absolute atomic E-state index is 0.0648. The topological polar surface area (TPSA) is 121 Å². The van der Waals surface area contributed by atoms with Crippen LogP contribution in [0.1, 0.15) is 105 Å². The van der Waals surface area contributed by atoms with Crippen LogP contribution in [0.25, 0.3) is 0 Å². The largest absolute Gasteiger partial charge is 0.393 e. The van der Waals surface area contributed by atoms with Crippen LogP contribution in [0.3, 0.4) is 0 Å². The van der Waals surface area contributed by atoms with E-state index in [2.05, 4.69) is 52.0 Å². The Hall–Kier alpha value is -1.02. The van der Waals surface area contributed by atoms with Gasteiger partial charge in [0, 0.05) is 0 Å². The Kier molecular flexibility index (Phi) is 33.3. The van der Waals surface area contributed by atoms with Gasteiger partial charge in [0.25, 0.3) is 0 Å². The molecule has 0 aliphatic rings. The van der Waals surface area contributed by atoms with E-state index in [0.717, 1.165) is 12.8 Å². The second-order valence-corrected chi connectivity index (χ2v) is 8.67. The molecule has 1 aromatic rings. The summed E-state index contributed by atoms with van der Waals surface area (Å²) >= 11 is 0. The van der Waals surface area contributed by atoms with Gasteiger partial charge >= 0.3 is 0 Å². The fourth-order valence-electron chi connectivity index (χ4n) is 2.02. The minimum Gasteiger partial charge on any atom is -0.393 e. The van der Waals surface area contributed by atoms with Crippen LogP contribution in [0.15, 0.2) is 24.3 Å². The van der Waals surface area contributed by atoms with E-state index in [1.807, 2.05) is 20.8 Å². The van der Waals surface area contributed by atoms with Crippen LogP contribution in [0.2, 0.25) is 0 Å². The Labute approximate surface area is 210 Å². The third-order valence-electron chi connectivity index (χ3n) is 4.83. The fourth-order valence-corrected chi connectivity index (χ4v) is 2.02. The van der Waals surface area contributed by atoms with Gasteiger partial charge in [-0.05, 0) is 53.9 Å². The van der Waals surface area contributed by atoms with E-state index in [1.165, 1.54) is 44.2 Å². The third-order valence-corrected chi connectivity index (χ3v) is 4.83. The zero-order valence-corrected chi connectivity index (χ0v) is 23.7. The summed E-state index contributed by atoms with van der Waals surface area (Å²) in [6.07, 6.45) is 2.56. The lowest BCUT2D eigenvalue weighted by molar-refractivity contribution is -0.0438. The molecule has 0 saturated carbocycles. The van der Waals surface area contributed by atoms with Gasteiger partial charge in [0.2, 0.25) is 0 Å². The minimum atomic E-state index is -1.02. The maximum absolute atomic E-state index is 8.70. The van der Waals surface area contributed by atoms with Crippen LogP contribution < -0.4 is 0 Å². The average Bonchev–Trinajstić information content (AvgIpc) is 2.81. The molecule has 6 N–H and O–H groups in total. The van der Waals surface area contributed by atoms with Gasteiger partial charge in [-0.15, -0.1) is 0 Å². The quantitative estimate of drug-likeness (QED) is 0.308. The first-order chi connectivity index (χ1) is 15.7. The summed E-state index contributed by atoms with van der Waals surface area (Å²) in [6.45, 7) is 18.8. The van der Waals surface area contributed by atoms with Gasteiger partial charge in [-0.3, -0.25) is 0 Å². The Morgan fingerprint density at radius 3 is 0.941 bits per heavy atom. The van der Waals surface area contributed by atoms with E-state index in [4.69, 9.17) is 30.6 Å². The van der Waals surface area contributed by atoms with Crippen molar-refractivity contribution in [3.8, 4) is 0 Å². The maximum Gasteiger partial charge on any atom is 0.105 e. The predicted molar refractivity (Wildman–Crippen MR) is 145 cm³/mol. The van der Waals surface area contributed by atoms with E-state index in [1.54, 1.807) is 6.92 Å². The monoisotopic (exact) mass is 490 g/mol. The summed E-state index contributed by atoms with van der Waals surface area (Å²) in [5.74, 6) is 0. The molecular formula is C28H58O6. The SMILES string of the molecule is CC(O)C(O)C(C)O.CCC(O)CC.CCCCC.CC[C@@H](O)[C@H](C)O.Cc1ccc(C)cc1. The Bertz CT molecular complexity index is 453. The molecule has 1 rings (SSSR count). The maximum atomic E-state index is 8.70. The molecule has 0 spiro atoms. The highest BCUT2D eigenvalue weighted by molar-refractivity contribution is 5.19. The van der Waals surface area contributed by atoms with E-state index >= 15 is 0 Å². The van der Waals surface area contributed by atoms with Gasteiger partial charge in [-0.1, -0.05) is 89.3 Å². The number of benzene rings is 1. The molecule has 6 nitrogen and oxygen atoms in total. The third kappa shape index (κ3) is 33.2. The first kappa shape index (κ1) is 40.2. The van der Waals surface area contributed by atoms with Gasteiger partial charge in [-0.25, -0.2) is 0 Å². The number of rotatable bonds is 8. The summed E-state index contributed by atoms with van der Waals surface area (Å²) in [6, 6.07) is 8.48. The lowest BCUT2D eigenvalue weighted by atomic mass is 10.1. The number of unbranched alkanes of at least 4 members (excludes halogenated alkanes) is 2. The molecule has 0 fully saturated rings. The van der Waals surface area contributed by atoms with Crippen molar-refractivity contribution in [2.45, 2.75) is 144 Å². The highest BCUT2D eigenvalue weighted by atomic mass is 16.4. The van der Waals surface area contributed by atoms with Crippen molar-refractivity contribution in [1.29, 1.82) is 0 Å². The molecule has 4 atom stereocenters. The number of aryl methyl sites for hydroxylation is 2. The molecule has 0 aliphatic carbocycles. The number of aliphatic hydroxyl groups is 6. The second-order valence-electron chi connectivity index (χ2n) is 8.67. The zero-order chi connectivity index (χ0) is 27.7. The molecule has 206 valence electrons. The summed E-state index contributed by atoms with van der Waals surface area (Å²) in [4.78, 5) is 0. The van der Waals surface area contributed by atoms with Crippen molar-refractivity contribution in [1.82, 2.24) is 0 Å². The Morgan fingerprint density at radius 2 is 0.882 bits per heavy atom. The van der Waals surface area contributed by atoms with Gasteiger partial charge in [0.05, 0.1) is 30.5 Å². The normalized spacial score (nSPS) is 14.3. The smallest absolute Gasteiger partial charge is 0.105 e. The van der Waals surface area contributed by atoms with Crippen LogP contribution in [-0.2, 0) is 0 Å². The molecule has 0 radical (unpaired) electrons. The van der Waals surface area contributed by atoms with Crippen LogP contribution in [0, 0.1) is 13.8 Å². The molecule has 0 aromatic heterocycles. The summed E-state index contributed by atoms with van der Waals surface area (Å²) < 4.78 is 0. The molecule has 0 bridgehead atoms. The molecule has 1 aromatic carbocycles. The number of hydrogen-bond donors (Lipinski definition) is 6. The molecule has 2 unspecified atom stereocenters. The predicted octanol–water partition coefficient (Wildman–Crippen LogP) is 4.91. The van der Waals surface area contributed by atoms with Crippen molar-refractivity contribution in [2.75, 3.05) is 0 Å². The average molecular weight is 491 g/mol. The Morgan fingerprint density at radius 1 is 0.559 bits per heavy atom. The van der Waals surface area contributed by atoms with Crippen LogP contribution >= 0.6 is 0 Å². The summed E-state index contributed by atoms with van der Waals surface area (Å²) in [5.41, 5.74) is 2.66. The van der Waals surface area contributed by atoms with Crippen LogP contribution in [0.5, 0.6) is 0 Å². The lowest BCUT2D eigenvalue weighted by Crippen LogP contribution is -2.33. The first-order valence-electron chi connectivity index (χ1n) is 12.9. The van der Waals surface area contributed by atoms with E-state index in [9.17, 15) is 0 Å². The molecular weight excluding hydrogens is 432 g/mol. The van der Waals surface area contributed by atoms with Crippen molar-refractivity contribution in [2.24, 2.45) is 0 Å². The van der Waals surface area contributed by atoms with Gasteiger partial charge in [-0.2, -0.15) is 0 Å². The highest BCUT2D eigenvalue weighted by Crippen LogP contribution is 1.99. The fraction of sp³-hybridized carbons (Fsp3) is 0.786. The van der Waals surface area contributed by atoms with Crippen molar-refractivity contribution in [3.63, 3.8) is 0 Å². The molecule has 0 heterocycles. The zero-order valence-electron chi connectivity index (χ0n) is 23.7. The van der Waals surface area contributed by atoms with E-state index < -0.39 is 30.5 Å². The van der Waals surface area contributed by atoms with Crippen molar-refractivity contribution >= 4 is 0 Å². The first-order valence-corrected chi connectivity index (χ1v) is 12.9. The molecule has 0 amide bonds. The molecule has 6 heteroatoms. The van der Waals surface area contributed by atoms with Gasteiger partial charge in [0.15, 0.2) is 0 Å².